The number of hydrogen-bond acceptors (Lipinski definition) is 5. The quantitative estimate of drug-likeness (QED) is 0.444. The van der Waals surface area contributed by atoms with Gasteiger partial charge in [0.1, 0.15) is 12.3 Å². The lowest BCUT2D eigenvalue weighted by Crippen LogP contribution is -2.51. The smallest absolute Gasteiger partial charge is 0.240 e. The highest BCUT2D eigenvalue weighted by atomic mass is 16.3. The van der Waals surface area contributed by atoms with Crippen molar-refractivity contribution in [2.24, 2.45) is 5.73 Å². The van der Waals surface area contributed by atoms with Gasteiger partial charge in [-0.15, -0.1) is 0 Å². The molecule has 0 fully saturated rings. The molecule has 0 aromatic carbocycles. The molecule has 7 nitrogen and oxygen atoms in total. The van der Waals surface area contributed by atoms with Crippen LogP contribution in [0.1, 0.15) is 12.6 Å². The number of rotatable bonds is 6. The van der Waals surface area contributed by atoms with Crippen molar-refractivity contribution in [2.75, 3.05) is 0 Å². The first kappa shape index (κ1) is 13.3. The first-order valence-electron chi connectivity index (χ1n) is 5.21. The monoisotopic (exact) mass is 240 g/mol. The van der Waals surface area contributed by atoms with Crippen LogP contribution in [0.15, 0.2) is 12.5 Å². The maximum Gasteiger partial charge on any atom is 0.240 e. The Hall–Kier alpha value is -1.73. The zero-order chi connectivity index (χ0) is 12.8. The normalized spacial score (nSPS) is 15.9. The largest absolute Gasteiger partial charge is 0.391 e. The van der Waals surface area contributed by atoms with Gasteiger partial charge in [-0.2, -0.15) is 0 Å². The fourth-order valence-corrected chi connectivity index (χ4v) is 1.26. The molecule has 17 heavy (non-hydrogen) atoms. The Morgan fingerprint density at radius 2 is 2.47 bits per heavy atom. The summed E-state index contributed by atoms with van der Waals surface area (Å²) in [5.41, 5.74) is 6.17. The number of nitrogens with zero attached hydrogens (tertiary/aromatic N) is 1. The predicted molar refractivity (Wildman–Crippen MR) is 59.9 cm³/mol. The lowest BCUT2D eigenvalue weighted by molar-refractivity contribution is -0.127. The van der Waals surface area contributed by atoms with Gasteiger partial charge in [-0.05, 0) is 6.92 Å². The Kier molecular flexibility index (Phi) is 4.80. The summed E-state index contributed by atoms with van der Waals surface area (Å²) in [6.07, 6.45) is 3.02. The second-order valence-electron chi connectivity index (χ2n) is 3.80. The molecular formula is C10H16N4O3. The van der Waals surface area contributed by atoms with Crippen LogP contribution in [0.4, 0.5) is 0 Å². The maximum atomic E-state index is 11.5. The van der Waals surface area contributed by atoms with Crippen molar-refractivity contribution in [1.82, 2.24) is 15.3 Å². The van der Waals surface area contributed by atoms with Crippen LogP contribution < -0.4 is 11.1 Å². The molecule has 7 heteroatoms. The summed E-state index contributed by atoms with van der Waals surface area (Å²) in [5, 5.41) is 11.6. The van der Waals surface area contributed by atoms with E-state index < -0.39 is 24.1 Å². The Bertz CT molecular complexity index is 364. The molecule has 3 atom stereocenters. The first-order valence-corrected chi connectivity index (χ1v) is 5.21. The van der Waals surface area contributed by atoms with Crippen LogP contribution in [-0.4, -0.2) is 45.5 Å². The molecule has 0 aliphatic heterocycles. The van der Waals surface area contributed by atoms with Gasteiger partial charge in [-0.25, -0.2) is 4.98 Å². The molecule has 1 heterocycles. The van der Waals surface area contributed by atoms with E-state index in [-0.39, 0.29) is 0 Å². The third-order valence-electron chi connectivity index (χ3n) is 2.31. The van der Waals surface area contributed by atoms with E-state index in [0.29, 0.717) is 12.7 Å². The van der Waals surface area contributed by atoms with Gasteiger partial charge >= 0.3 is 0 Å². The molecule has 0 bridgehead atoms. The molecule has 1 aromatic heterocycles. The van der Waals surface area contributed by atoms with Crippen molar-refractivity contribution in [3.05, 3.63) is 18.2 Å². The Morgan fingerprint density at radius 1 is 1.76 bits per heavy atom. The van der Waals surface area contributed by atoms with Crippen LogP contribution in [0.25, 0.3) is 0 Å². The van der Waals surface area contributed by atoms with E-state index in [1.54, 1.807) is 6.20 Å². The molecule has 5 N–H and O–H groups in total. The minimum Gasteiger partial charge on any atom is -0.391 e. The number of H-pyrrole nitrogens is 1. The summed E-state index contributed by atoms with van der Waals surface area (Å²) in [6.45, 7) is 1.41. The molecule has 0 radical (unpaired) electrons. The fourth-order valence-electron chi connectivity index (χ4n) is 1.26. The molecule has 0 aliphatic rings. The van der Waals surface area contributed by atoms with E-state index >= 15 is 0 Å². The highest BCUT2D eigenvalue weighted by Gasteiger charge is 2.21. The zero-order valence-electron chi connectivity index (χ0n) is 9.46. The predicted octanol–water partition coefficient (Wildman–Crippen LogP) is -1.66. The minimum absolute atomic E-state index is 0.307. The summed E-state index contributed by atoms with van der Waals surface area (Å²) >= 11 is 0. The molecule has 1 aromatic rings. The Morgan fingerprint density at radius 3 is 2.94 bits per heavy atom. The second-order valence-corrected chi connectivity index (χ2v) is 3.80. The first-order chi connectivity index (χ1) is 8.04. The molecule has 0 saturated carbocycles. The minimum atomic E-state index is -1.04. The number of aliphatic hydroxyl groups excluding tert-OH is 1. The molecule has 0 saturated heterocycles. The highest BCUT2D eigenvalue weighted by molar-refractivity contribution is 5.84. The van der Waals surface area contributed by atoms with Crippen molar-refractivity contribution in [2.45, 2.75) is 31.5 Å². The number of aldehydes is 1. The van der Waals surface area contributed by atoms with E-state index in [9.17, 15) is 9.59 Å². The average molecular weight is 240 g/mol. The number of hydrogen-bond donors (Lipinski definition) is 4. The summed E-state index contributed by atoms with van der Waals surface area (Å²) in [4.78, 5) is 28.9. The van der Waals surface area contributed by atoms with Gasteiger partial charge in [-0.1, -0.05) is 0 Å². The van der Waals surface area contributed by atoms with Crippen LogP contribution in [0, 0.1) is 0 Å². The summed E-state index contributed by atoms with van der Waals surface area (Å²) in [5.74, 6) is -0.559. The van der Waals surface area contributed by atoms with Crippen LogP contribution in [-0.2, 0) is 16.0 Å². The summed E-state index contributed by atoms with van der Waals surface area (Å²) in [7, 11) is 0. The Balaban J connectivity index is 2.52. The second kappa shape index (κ2) is 6.12. The summed E-state index contributed by atoms with van der Waals surface area (Å²) < 4.78 is 0. The van der Waals surface area contributed by atoms with Gasteiger partial charge in [-0.3, -0.25) is 4.79 Å². The number of aromatic nitrogens is 2. The molecule has 3 unspecified atom stereocenters. The van der Waals surface area contributed by atoms with Gasteiger partial charge in [0, 0.05) is 18.3 Å². The van der Waals surface area contributed by atoms with Crippen LogP contribution >= 0.6 is 0 Å². The van der Waals surface area contributed by atoms with Crippen molar-refractivity contribution in [3.63, 3.8) is 0 Å². The lowest BCUT2D eigenvalue weighted by Gasteiger charge is -2.17. The number of imidazole rings is 1. The maximum absolute atomic E-state index is 11.5. The number of carbonyl (C=O) groups excluding carboxylic acids is 2. The average Bonchev–Trinajstić information content (AvgIpc) is 2.79. The molecule has 1 rings (SSSR count). The third-order valence-corrected chi connectivity index (χ3v) is 2.31. The van der Waals surface area contributed by atoms with Gasteiger partial charge < -0.3 is 25.9 Å². The highest BCUT2D eigenvalue weighted by Crippen LogP contribution is 1.97. The van der Waals surface area contributed by atoms with E-state index in [1.807, 2.05) is 0 Å². The van der Waals surface area contributed by atoms with E-state index in [2.05, 4.69) is 15.3 Å². The lowest BCUT2D eigenvalue weighted by atomic mass is 10.1. The molecule has 0 aliphatic carbocycles. The van der Waals surface area contributed by atoms with Crippen molar-refractivity contribution in [3.8, 4) is 0 Å². The van der Waals surface area contributed by atoms with E-state index in [1.165, 1.54) is 13.3 Å². The molecule has 0 spiro atoms. The molecular weight excluding hydrogens is 224 g/mol. The van der Waals surface area contributed by atoms with Crippen LogP contribution in [0.5, 0.6) is 0 Å². The number of carbonyl (C=O) groups is 2. The van der Waals surface area contributed by atoms with E-state index in [0.717, 1.165) is 5.69 Å². The SMILES string of the molecule is CC(O)C(N)C(=O)NC(C=O)Cc1cnc[nH]1. The summed E-state index contributed by atoms with van der Waals surface area (Å²) in [6, 6.07) is -1.73. The number of nitrogens with one attached hydrogen (secondary N) is 2. The van der Waals surface area contributed by atoms with Gasteiger partial charge in [0.25, 0.3) is 0 Å². The number of amides is 1. The van der Waals surface area contributed by atoms with Gasteiger partial charge in [0.05, 0.1) is 18.5 Å². The van der Waals surface area contributed by atoms with Gasteiger partial charge in [0.15, 0.2) is 0 Å². The van der Waals surface area contributed by atoms with Crippen LogP contribution in [0.3, 0.4) is 0 Å². The van der Waals surface area contributed by atoms with Crippen molar-refractivity contribution < 1.29 is 14.7 Å². The number of nitrogens with two attached hydrogens (primary N) is 1. The fraction of sp³-hybridized carbons (Fsp3) is 0.500. The zero-order valence-corrected chi connectivity index (χ0v) is 9.46. The number of aromatic amines is 1. The molecule has 1 amide bonds. The van der Waals surface area contributed by atoms with Crippen LogP contribution in [0.2, 0.25) is 0 Å². The topological polar surface area (TPSA) is 121 Å². The third kappa shape index (κ3) is 3.97. The Labute approximate surface area is 98.4 Å². The van der Waals surface area contributed by atoms with Gasteiger partial charge in [0.2, 0.25) is 5.91 Å². The number of aliphatic hydroxyl groups is 1. The van der Waals surface area contributed by atoms with E-state index in [4.69, 9.17) is 10.8 Å². The van der Waals surface area contributed by atoms with Crippen molar-refractivity contribution >= 4 is 12.2 Å². The standard InChI is InChI=1S/C10H16N4O3/c1-6(16)9(11)10(17)14-8(4-15)2-7-3-12-5-13-7/h3-6,8-9,16H,2,11H2,1H3,(H,12,13)(H,14,17). The van der Waals surface area contributed by atoms with Crippen molar-refractivity contribution in [1.29, 1.82) is 0 Å². The molecule has 94 valence electrons.